The van der Waals surface area contributed by atoms with Crippen LogP contribution in [-0.2, 0) is 4.79 Å². The maximum Gasteiger partial charge on any atom is 0.322 e. The van der Waals surface area contributed by atoms with Crippen LogP contribution in [0, 0.1) is 5.82 Å². The van der Waals surface area contributed by atoms with Crippen LogP contribution in [0.4, 0.5) is 9.18 Å². The van der Waals surface area contributed by atoms with E-state index in [1.54, 1.807) is 12.1 Å². The van der Waals surface area contributed by atoms with Crippen molar-refractivity contribution in [2.75, 3.05) is 0 Å². The molecule has 0 bridgehead atoms. The molecule has 2 fully saturated rings. The summed E-state index contributed by atoms with van der Waals surface area (Å²) in [6.07, 6.45) is 2.41. The van der Waals surface area contributed by atoms with Gasteiger partial charge in [-0.2, -0.15) is 0 Å². The summed E-state index contributed by atoms with van der Waals surface area (Å²) in [7, 11) is 0. The van der Waals surface area contributed by atoms with Gasteiger partial charge in [0, 0.05) is 10.1 Å². The summed E-state index contributed by atoms with van der Waals surface area (Å²) in [5.41, 5.74) is -0.795. The lowest BCUT2D eigenvalue weighted by atomic mass is 9.98. The molecule has 1 aliphatic heterocycles. The average molecular weight is 280 g/mol. The van der Waals surface area contributed by atoms with Gasteiger partial charge in [0.25, 0.3) is 5.91 Å². The van der Waals surface area contributed by atoms with Crippen LogP contribution in [0.3, 0.4) is 0 Å². The van der Waals surface area contributed by atoms with Gasteiger partial charge >= 0.3 is 6.03 Å². The maximum atomic E-state index is 12.9. The van der Waals surface area contributed by atoms with E-state index < -0.39 is 11.6 Å². The van der Waals surface area contributed by atoms with Crippen LogP contribution in [-0.4, -0.2) is 22.7 Å². The maximum absolute atomic E-state index is 12.9. The zero-order valence-corrected chi connectivity index (χ0v) is 10.9. The highest BCUT2D eigenvalue weighted by molar-refractivity contribution is 8.00. The van der Waals surface area contributed by atoms with Gasteiger partial charge in [-0.15, -0.1) is 11.8 Å². The number of hydrogen-bond acceptors (Lipinski definition) is 3. The Morgan fingerprint density at radius 1 is 1.26 bits per heavy atom. The van der Waals surface area contributed by atoms with Crippen LogP contribution in [0.2, 0.25) is 0 Å². The van der Waals surface area contributed by atoms with Crippen molar-refractivity contribution >= 4 is 23.7 Å². The number of carbonyl (C=O) groups excluding carboxylic acids is 2. The highest BCUT2D eigenvalue weighted by Gasteiger charge is 2.54. The Balaban J connectivity index is 1.82. The van der Waals surface area contributed by atoms with Crippen LogP contribution >= 0.6 is 11.8 Å². The molecular weight excluding hydrogens is 267 g/mol. The van der Waals surface area contributed by atoms with Crippen molar-refractivity contribution in [1.82, 2.24) is 10.6 Å². The molecule has 2 N–H and O–H groups in total. The smallest absolute Gasteiger partial charge is 0.322 e. The molecule has 1 heterocycles. The Morgan fingerprint density at radius 2 is 2.00 bits per heavy atom. The minimum Gasteiger partial charge on any atom is -0.322 e. The fourth-order valence-corrected chi connectivity index (χ4v) is 4.11. The molecule has 1 saturated heterocycles. The monoisotopic (exact) mass is 280 g/mol. The fraction of sp³-hybridized carbons (Fsp3) is 0.385. The Morgan fingerprint density at radius 3 is 2.63 bits per heavy atom. The molecule has 100 valence electrons. The summed E-state index contributed by atoms with van der Waals surface area (Å²) in [6, 6.07) is 5.77. The molecule has 6 heteroatoms. The van der Waals surface area contributed by atoms with Gasteiger partial charge in [-0.25, -0.2) is 9.18 Å². The molecule has 4 nitrogen and oxygen atoms in total. The molecule has 0 aromatic heterocycles. The number of carbonyl (C=O) groups is 2. The summed E-state index contributed by atoms with van der Waals surface area (Å²) in [4.78, 5) is 24.3. The lowest BCUT2D eigenvalue weighted by molar-refractivity contribution is -0.123. The lowest BCUT2D eigenvalue weighted by Crippen LogP contribution is -2.51. The second-order valence-electron chi connectivity index (χ2n) is 4.83. The zero-order chi connectivity index (χ0) is 13.5. The van der Waals surface area contributed by atoms with Gasteiger partial charge in [-0.3, -0.25) is 10.1 Å². The summed E-state index contributed by atoms with van der Waals surface area (Å²) < 4.78 is 12.9. The SMILES string of the molecule is O=C1NC(=O)C2(CCCC2Sc2ccc(F)cc2)N1. The number of imide groups is 1. The van der Waals surface area contributed by atoms with Crippen molar-refractivity contribution in [3.8, 4) is 0 Å². The van der Waals surface area contributed by atoms with Gasteiger partial charge in [-0.1, -0.05) is 0 Å². The first kappa shape index (κ1) is 12.5. The standard InChI is InChI=1S/C13H13FN2O2S/c14-8-3-5-9(6-4-8)19-10-2-1-7-13(10)11(17)15-12(18)16-13/h3-6,10H,1-2,7H2,(H2,15,16,17,18). The highest BCUT2D eigenvalue weighted by Crippen LogP contribution is 2.43. The van der Waals surface area contributed by atoms with Crippen molar-refractivity contribution in [3.05, 3.63) is 30.1 Å². The molecule has 1 aromatic carbocycles. The molecule has 1 aliphatic carbocycles. The summed E-state index contributed by atoms with van der Waals surface area (Å²) in [5.74, 6) is -0.521. The van der Waals surface area contributed by atoms with Crippen molar-refractivity contribution in [3.63, 3.8) is 0 Å². The van der Waals surface area contributed by atoms with Crippen LogP contribution in [0.1, 0.15) is 19.3 Å². The third-order valence-corrected chi connectivity index (χ3v) is 5.11. The van der Waals surface area contributed by atoms with E-state index >= 15 is 0 Å². The van der Waals surface area contributed by atoms with E-state index in [0.717, 1.165) is 17.7 Å². The number of benzene rings is 1. The molecule has 2 atom stereocenters. The topological polar surface area (TPSA) is 58.2 Å². The molecule has 1 saturated carbocycles. The normalized spacial score (nSPS) is 29.6. The van der Waals surface area contributed by atoms with Gasteiger partial charge in [0.1, 0.15) is 11.4 Å². The quantitative estimate of drug-likeness (QED) is 0.815. The van der Waals surface area contributed by atoms with Crippen molar-refractivity contribution in [2.45, 2.75) is 34.9 Å². The van der Waals surface area contributed by atoms with E-state index in [-0.39, 0.29) is 17.0 Å². The second-order valence-corrected chi connectivity index (χ2v) is 6.11. The Hall–Kier alpha value is -1.56. The van der Waals surface area contributed by atoms with Crippen LogP contribution in [0.15, 0.2) is 29.2 Å². The Labute approximate surface area is 114 Å². The number of amides is 3. The van der Waals surface area contributed by atoms with E-state index in [2.05, 4.69) is 10.6 Å². The van der Waals surface area contributed by atoms with E-state index in [4.69, 9.17) is 0 Å². The van der Waals surface area contributed by atoms with E-state index in [0.29, 0.717) is 6.42 Å². The highest BCUT2D eigenvalue weighted by atomic mass is 32.2. The van der Waals surface area contributed by atoms with E-state index in [1.165, 1.54) is 23.9 Å². The number of halogens is 1. The van der Waals surface area contributed by atoms with Gasteiger partial charge in [0.2, 0.25) is 0 Å². The van der Waals surface area contributed by atoms with Crippen LogP contribution < -0.4 is 10.6 Å². The first-order valence-electron chi connectivity index (χ1n) is 6.16. The fourth-order valence-electron chi connectivity index (χ4n) is 2.72. The number of rotatable bonds is 2. The molecule has 3 rings (SSSR count). The third kappa shape index (κ3) is 2.10. The van der Waals surface area contributed by atoms with Crippen molar-refractivity contribution in [2.24, 2.45) is 0 Å². The summed E-state index contributed by atoms with van der Waals surface area (Å²) in [5, 5.41) is 5.07. The minimum atomic E-state index is -0.795. The predicted octanol–water partition coefficient (Wildman–Crippen LogP) is 2.05. The molecule has 2 aliphatic rings. The molecule has 19 heavy (non-hydrogen) atoms. The average Bonchev–Trinajstić information content (AvgIpc) is 2.88. The largest absolute Gasteiger partial charge is 0.322 e. The zero-order valence-electron chi connectivity index (χ0n) is 10.1. The van der Waals surface area contributed by atoms with Gasteiger partial charge in [0.15, 0.2) is 0 Å². The molecule has 0 radical (unpaired) electrons. The molecule has 1 spiro atoms. The Bertz CT molecular complexity index is 534. The molecule has 3 amide bonds. The van der Waals surface area contributed by atoms with Crippen LogP contribution in [0.5, 0.6) is 0 Å². The number of hydrogen-bond donors (Lipinski definition) is 2. The van der Waals surface area contributed by atoms with Gasteiger partial charge in [0.05, 0.1) is 0 Å². The third-order valence-electron chi connectivity index (χ3n) is 3.65. The number of nitrogens with one attached hydrogen (secondary N) is 2. The molecular formula is C13H13FN2O2S. The van der Waals surface area contributed by atoms with Gasteiger partial charge in [-0.05, 0) is 43.5 Å². The molecule has 2 unspecified atom stereocenters. The first-order chi connectivity index (χ1) is 9.10. The van der Waals surface area contributed by atoms with E-state index in [9.17, 15) is 14.0 Å². The van der Waals surface area contributed by atoms with Crippen molar-refractivity contribution < 1.29 is 14.0 Å². The van der Waals surface area contributed by atoms with E-state index in [1.807, 2.05) is 0 Å². The Kier molecular flexibility index (Phi) is 2.97. The number of urea groups is 1. The second kappa shape index (κ2) is 4.52. The summed E-state index contributed by atoms with van der Waals surface area (Å²) in [6.45, 7) is 0. The minimum absolute atomic E-state index is 0.00980. The predicted molar refractivity (Wildman–Crippen MR) is 69.3 cm³/mol. The van der Waals surface area contributed by atoms with Crippen molar-refractivity contribution in [1.29, 1.82) is 0 Å². The lowest BCUT2D eigenvalue weighted by Gasteiger charge is -2.27. The molecule has 1 aromatic rings. The van der Waals surface area contributed by atoms with Gasteiger partial charge < -0.3 is 5.32 Å². The first-order valence-corrected chi connectivity index (χ1v) is 7.04. The summed E-state index contributed by atoms with van der Waals surface area (Å²) >= 11 is 1.52. The number of thioether (sulfide) groups is 1. The van der Waals surface area contributed by atoms with Crippen LogP contribution in [0.25, 0.3) is 0 Å².